The number of carbonyl (C=O) groups excluding carboxylic acids is 1. The lowest BCUT2D eigenvalue weighted by Gasteiger charge is -2.26. The van der Waals surface area contributed by atoms with E-state index >= 15 is 0 Å². The molecule has 1 aromatic rings. The summed E-state index contributed by atoms with van der Waals surface area (Å²) in [6.07, 6.45) is 0.560. The Morgan fingerprint density at radius 3 is 2.69 bits per heavy atom. The topological polar surface area (TPSA) is 75.4 Å². The second-order valence-electron chi connectivity index (χ2n) is 3.89. The summed E-state index contributed by atoms with van der Waals surface area (Å²) in [6.45, 7) is 2.52. The molecule has 0 saturated heterocycles. The van der Waals surface area contributed by atoms with E-state index < -0.39 is 5.97 Å². The molecule has 1 aliphatic heterocycles. The van der Waals surface area contributed by atoms with Crippen LogP contribution >= 0.6 is 0 Å². The average Bonchev–Trinajstić information content (AvgIpc) is 2.56. The molecule has 0 unspecified atom stereocenters. The maximum Gasteiger partial charge on any atom is 0.356 e. The normalized spacial score (nSPS) is 14.8. The Bertz CT molecular complexity index is 464. The number of carboxylic acids is 1. The highest BCUT2D eigenvalue weighted by Crippen LogP contribution is 2.21. The van der Waals surface area contributed by atoms with Crippen LogP contribution in [0.1, 0.15) is 28.7 Å². The van der Waals surface area contributed by atoms with Crippen molar-refractivity contribution in [2.75, 3.05) is 6.54 Å². The number of aromatic nitrogens is 2. The summed E-state index contributed by atoms with van der Waals surface area (Å²) in [4.78, 5) is 23.9. The summed E-state index contributed by atoms with van der Waals surface area (Å²) >= 11 is 0. The number of carbonyl (C=O) groups is 2. The van der Waals surface area contributed by atoms with E-state index in [1.165, 1.54) is 6.92 Å². The lowest BCUT2D eigenvalue weighted by molar-refractivity contribution is -0.129. The van der Waals surface area contributed by atoms with Gasteiger partial charge in [-0.3, -0.25) is 9.48 Å². The first-order valence-corrected chi connectivity index (χ1v) is 5.04. The number of rotatable bonds is 1. The molecule has 2 rings (SSSR count). The van der Waals surface area contributed by atoms with Gasteiger partial charge in [0.05, 0.1) is 12.2 Å². The van der Waals surface area contributed by atoms with Gasteiger partial charge in [-0.05, 0) is 6.42 Å². The molecule has 1 N–H and O–H groups in total. The van der Waals surface area contributed by atoms with Crippen molar-refractivity contribution in [3.05, 3.63) is 17.0 Å². The van der Waals surface area contributed by atoms with Crippen LogP contribution in [0.5, 0.6) is 0 Å². The zero-order valence-electron chi connectivity index (χ0n) is 9.23. The monoisotopic (exact) mass is 223 g/mol. The fourth-order valence-electron chi connectivity index (χ4n) is 2.01. The van der Waals surface area contributed by atoms with E-state index in [4.69, 9.17) is 5.11 Å². The van der Waals surface area contributed by atoms with Crippen LogP contribution in [0.3, 0.4) is 0 Å². The molecule has 0 fully saturated rings. The van der Waals surface area contributed by atoms with Gasteiger partial charge in [-0.1, -0.05) is 0 Å². The van der Waals surface area contributed by atoms with Crippen molar-refractivity contribution in [1.82, 2.24) is 14.7 Å². The molecule has 6 heteroatoms. The third kappa shape index (κ3) is 1.56. The van der Waals surface area contributed by atoms with Crippen molar-refractivity contribution >= 4 is 11.9 Å². The van der Waals surface area contributed by atoms with Crippen LogP contribution in [0.4, 0.5) is 0 Å². The van der Waals surface area contributed by atoms with Gasteiger partial charge in [0.1, 0.15) is 0 Å². The van der Waals surface area contributed by atoms with E-state index in [2.05, 4.69) is 5.10 Å². The van der Waals surface area contributed by atoms with Gasteiger partial charge >= 0.3 is 5.97 Å². The van der Waals surface area contributed by atoms with Crippen LogP contribution in [0.15, 0.2) is 0 Å². The quantitative estimate of drug-likeness (QED) is 0.728. The Hall–Kier alpha value is -1.85. The van der Waals surface area contributed by atoms with Crippen LogP contribution < -0.4 is 0 Å². The average molecular weight is 223 g/mol. The number of hydrogen-bond acceptors (Lipinski definition) is 3. The highest BCUT2D eigenvalue weighted by molar-refractivity contribution is 5.87. The fourth-order valence-corrected chi connectivity index (χ4v) is 2.01. The summed E-state index contributed by atoms with van der Waals surface area (Å²) in [5, 5.41) is 12.9. The third-order valence-corrected chi connectivity index (χ3v) is 2.90. The van der Waals surface area contributed by atoms with Gasteiger partial charge in [0.15, 0.2) is 5.69 Å². The Balaban J connectivity index is 2.40. The number of aromatic carboxylic acids is 1. The first-order valence-electron chi connectivity index (χ1n) is 5.04. The number of fused-ring (bicyclic) bond motifs is 1. The molecule has 6 nitrogen and oxygen atoms in total. The van der Waals surface area contributed by atoms with Crippen molar-refractivity contribution < 1.29 is 14.7 Å². The maximum absolute atomic E-state index is 11.2. The van der Waals surface area contributed by atoms with Gasteiger partial charge in [0.2, 0.25) is 5.91 Å². The maximum atomic E-state index is 11.2. The first kappa shape index (κ1) is 10.7. The number of amides is 1. The molecule has 0 bridgehead atoms. The SMILES string of the molecule is CC(=O)N1CCc2c(C(=O)O)nn(C)c2C1. The van der Waals surface area contributed by atoms with Gasteiger partial charge < -0.3 is 10.0 Å². The minimum absolute atomic E-state index is 0.00345. The van der Waals surface area contributed by atoms with E-state index in [-0.39, 0.29) is 11.6 Å². The predicted octanol–water partition coefficient (Wildman–Crippen LogP) is 0.0229. The van der Waals surface area contributed by atoms with Gasteiger partial charge in [-0.15, -0.1) is 0 Å². The van der Waals surface area contributed by atoms with Crippen LogP contribution in [0, 0.1) is 0 Å². The third-order valence-electron chi connectivity index (χ3n) is 2.90. The molecule has 1 amide bonds. The van der Waals surface area contributed by atoms with E-state index in [1.54, 1.807) is 16.6 Å². The van der Waals surface area contributed by atoms with Crippen LogP contribution in [-0.4, -0.2) is 38.2 Å². The summed E-state index contributed by atoms with van der Waals surface area (Å²) < 4.78 is 1.55. The summed E-state index contributed by atoms with van der Waals surface area (Å²) in [5.41, 5.74) is 1.69. The Morgan fingerprint density at radius 1 is 1.44 bits per heavy atom. The lowest BCUT2D eigenvalue weighted by Crippen LogP contribution is -2.35. The molecule has 0 atom stereocenters. The molecule has 0 aliphatic carbocycles. The fraction of sp³-hybridized carbons (Fsp3) is 0.500. The van der Waals surface area contributed by atoms with E-state index in [0.29, 0.717) is 19.5 Å². The zero-order valence-corrected chi connectivity index (χ0v) is 9.23. The van der Waals surface area contributed by atoms with E-state index in [9.17, 15) is 9.59 Å². The smallest absolute Gasteiger partial charge is 0.356 e. The van der Waals surface area contributed by atoms with Crippen LogP contribution in [-0.2, 0) is 24.8 Å². The second kappa shape index (κ2) is 3.62. The van der Waals surface area contributed by atoms with Crippen molar-refractivity contribution in [3.8, 4) is 0 Å². The molecular weight excluding hydrogens is 210 g/mol. The Kier molecular flexibility index (Phi) is 2.41. The van der Waals surface area contributed by atoms with Gasteiger partial charge in [-0.2, -0.15) is 5.10 Å². The Labute approximate surface area is 92.5 Å². The molecule has 0 radical (unpaired) electrons. The van der Waals surface area contributed by atoms with Gasteiger partial charge in [0, 0.05) is 26.1 Å². The van der Waals surface area contributed by atoms with Crippen LogP contribution in [0.25, 0.3) is 0 Å². The first-order chi connectivity index (χ1) is 7.50. The molecule has 2 heterocycles. The second-order valence-corrected chi connectivity index (χ2v) is 3.89. The number of hydrogen-bond donors (Lipinski definition) is 1. The van der Waals surface area contributed by atoms with Gasteiger partial charge in [0.25, 0.3) is 0 Å². The van der Waals surface area contributed by atoms with Crippen LogP contribution in [0.2, 0.25) is 0 Å². The minimum Gasteiger partial charge on any atom is -0.476 e. The molecule has 86 valence electrons. The van der Waals surface area contributed by atoms with Crippen molar-refractivity contribution in [1.29, 1.82) is 0 Å². The zero-order chi connectivity index (χ0) is 11.9. The lowest BCUT2D eigenvalue weighted by atomic mass is 10.0. The van der Waals surface area contributed by atoms with Gasteiger partial charge in [-0.25, -0.2) is 4.79 Å². The summed E-state index contributed by atoms with van der Waals surface area (Å²) in [6, 6.07) is 0. The number of aryl methyl sites for hydroxylation is 1. The molecule has 0 spiro atoms. The minimum atomic E-state index is -1.01. The summed E-state index contributed by atoms with van der Waals surface area (Å²) in [5.74, 6) is -1.00. The molecule has 0 saturated carbocycles. The largest absolute Gasteiger partial charge is 0.476 e. The van der Waals surface area contributed by atoms with Crippen molar-refractivity contribution in [3.63, 3.8) is 0 Å². The molecule has 1 aromatic heterocycles. The van der Waals surface area contributed by atoms with Crippen molar-refractivity contribution in [2.24, 2.45) is 7.05 Å². The van der Waals surface area contributed by atoms with E-state index in [0.717, 1.165) is 11.3 Å². The molecule has 1 aliphatic rings. The number of carboxylic acid groups (broad SMARTS) is 1. The van der Waals surface area contributed by atoms with Crippen molar-refractivity contribution in [2.45, 2.75) is 19.9 Å². The summed E-state index contributed by atoms with van der Waals surface area (Å²) in [7, 11) is 1.70. The van der Waals surface area contributed by atoms with E-state index in [1.807, 2.05) is 0 Å². The highest BCUT2D eigenvalue weighted by Gasteiger charge is 2.27. The predicted molar refractivity (Wildman–Crippen MR) is 55.0 cm³/mol. The standard InChI is InChI=1S/C10H13N3O3/c1-6(14)13-4-3-7-8(5-13)12(2)11-9(7)10(15)16/h3-5H2,1-2H3,(H,15,16). The molecule has 16 heavy (non-hydrogen) atoms. The highest BCUT2D eigenvalue weighted by atomic mass is 16.4. The Morgan fingerprint density at radius 2 is 2.12 bits per heavy atom. The molecular formula is C10H13N3O3. The number of nitrogens with zero attached hydrogens (tertiary/aromatic N) is 3. The molecule has 0 aromatic carbocycles.